The summed E-state index contributed by atoms with van der Waals surface area (Å²) in [5.41, 5.74) is 6.21. The number of rotatable bonds is 3. The Balaban J connectivity index is 1.98. The molecule has 104 valence electrons. The van der Waals surface area contributed by atoms with E-state index < -0.39 is 5.82 Å². The number of halogens is 1. The van der Waals surface area contributed by atoms with Gasteiger partial charge >= 0.3 is 0 Å². The van der Waals surface area contributed by atoms with Crippen LogP contribution in [0.1, 0.15) is 38.1 Å². The van der Waals surface area contributed by atoms with E-state index in [0.29, 0.717) is 18.0 Å². The standard InChI is InChI=1S/C15H21FN2O/c1-14(2)12(15(14,3)4)8-18-13(19)9-5-6-11(17)10(16)7-9/h5-7,12H,8,17H2,1-4H3,(H,18,19). The van der Waals surface area contributed by atoms with Crippen molar-refractivity contribution in [3.63, 3.8) is 0 Å². The maximum absolute atomic E-state index is 13.3. The largest absolute Gasteiger partial charge is 0.396 e. The Kier molecular flexibility index (Phi) is 3.07. The summed E-state index contributed by atoms with van der Waals surface area (Å²) in [6.07, 6.45) is 0. The average Bonchev–Trinajstić information content (AvgIpc) is 2.70. The van der Waals surface area contributed by atoms with E-state index in [1.807, 2.05) is 0 Å². The minimum atomic E-state index is -0.556. The van der Waals surface area contributed by atoms with Crippen LogP contribution in [0.4, 0.5) is 10.1 Å². The number of carbonyl (C=O) groups excluding carboxylic acids is 1. The van der Waals surface area contributed by atoms with Crippen LogP contribution < -0.4 is 11.1 Å². The van der Waals surface area contributed by atoms with E-state index in [1.54, 1.807) is 0 Å². The zero-order valence-electron chi connectivity index (χ0n) is 11.9. The second-order valence-corrected chi connectivity index (χ2v) is 6.44. The molecule has 4 heteroatoms. The lowest BCUT2D eigenvalue weighted by Crippen LogP contribution is -2.27. The molecule has 0 aromatic heterocycles. The van der Waals surface area contributed by atoms with Crippen molar-refractivity contribution < 1.29 is 9.18 Å². The number of amides is 1. The van der Waals surface area contributed by atoms with E-state index in [4.69, 9.17) is 5.73 Å². The van der Waals surface area contributed by atoms with Crippen molar-refractivity contribution in [3.05, 3.63) is 29.6 Å². The van der Waals surface area contributed by atoms with Crippen LogP contribution in [-0.2, 0) is 0 Å². The number of carbonyl (C=O) groups is 1. The fourth-order valence-electron chi connectivity index (χ4n) is 2.81. The van der Waals surface area contributed by atoms with Gasteiger partial charge in [0.2, 0.25) is 0 Å². The Morgan fingerprint density at radius 1 is 1.32 bits per heavy atom. The van der Waals surface area contributed by atoms with Gasteiger partial charge in [-0.2, -0.15) is 0 Å². The predicted octanol–water partition coefficient (Wildman–Crippen LogP) is 2.82. The van der Waals surface area contributed by atoms with Crippen molar-refractivity contribution >= 4 is 11.6 Å². The molecule has 1 aliphatic carbocycles. The SMILES string of the molecule is CC1(C)C(CNC(=O)c2ccc(N)c(F)c2)C1(C)C. The second kappa shape index (κ2) is 4.22. The highest BCUT2D eigenvalue weighted by atomic mass is 19.1. The van der Waals surface area contributed by atoms with Gasteiger partial charge in [-0.1, -0.05) is 27.7 Å². The molecule has 1 amide bonds. The van der Waals surface area contributed by atoms with Crippen molar-refractivity contribution in [2.24, 2.45) is 16.7 Å². The fraction of sp³-hybridized carbons (Fsp3) is 0.533. The summed E-state index contributed by atoms with van der Waals surface area (Å²) >= 11 is 0. The first-order chi connectivity index (χ1) is 8.68. The fourth-order valence-corrected chi connectivity index (χ4v) is 2.81. The molecule has 3 nitrogen and oxygen atoms in total. The van der Waals surface area contributed by atoms with E-state index >= 15 is 0 Å². The van der Waals surface area contributed by atoms with Crippen molar-refractivity contribution in [2.45, 2.75) is 27.7 Å². The van der Waals surface area contributed by atoms with Crippen LogP contribution in [0.2, 0.25) is 0 Å². The van der Waals surface area contributed by atoms with Crippen molar-refractivity contribution in [3.8, 4) is 0 Å². The van der Waals surface area contributed by atoms with E-state index in [9.17, 15) is 9.18 Å². The molecule has 0 atom stereocenters. The first kappa shape index (κ1) is 13.8. The topological polar surface area (TPSA) is 55.1 Å². The summed E-state index contributed by atoms with van der Waals surface area (Å²) in [6.45, 7) is 9.42. The van der Waals surface area contributed by atoms with Gasteiger partial charge in [0, 0.05) is 12.1 Å². The van der Waals surface area contributed by atoms with Gasteiger partial charge in [0.05, 0.1) is 5.69 Å². The van der Waals surface area contributed by atoms with Crippen LogP contribution in [0.3, 0.4) is 0 Å². The molecule has 0 unspecified atom stereocenters. The van der Waals surface area contributed by atoms with Crippen LogP contribution in [0.25, 0.3) is 0 Å². The molecule has 3 N–H and O–H groups in total. The highest BCUT2D eigenvalue weighted by Gasteiger charge is 2.64. The average molecular weight is 264 g/mol. The lowest BCUT2D eigenvalue weighted by molar-refractivity contribution is 0.0949. The molecule has 0 heterocycles. The number of nitrogens with two attached hydrogens (primary N) is 1. The van der Waals surface area contributed by atoms with Gasteiger partial charge in [0.1, 0.15) is 5.82 Å². The predicted molar refractivity (Wildman–Crippen MR) is 74.2 cm³/mol. The summed E-state index contributed by atoms with van der Waals surface area (Å²) in [6, 6.07) is 4.13. The molecule has 1 aromatic carbocycles. The second-order valence-electron chi connectivity index (χ2n) is 6.44. The lowest BCUT2D eigenvalue weighted by Gasteiger charge is -2.07. The molecule has 0 spiro atoms. The first-order valence-corrected chi connectivity index (χ1v) is 6.51. The van der Waals surface area contributed by atoms with Gasteiger partial charge < -0.3 is 11.1 Å². The van der Waals surface area contributed by atoms with Crippen LogP contribution in [0, 0.1) is 22.6 Å². The molecule has 1 fully saturated rings. The van der Waals surface area contributed by atoms with Crippen molar-refractivity contribution in [1.29, 1.82) is 0 Å². The summed E-state index contributed by atoms with van der Waals surface area (Å²) in [7, 11) is 0. The smallest absolute Gasteiger partial charge is 0.251 e. The van der Waals surface area contributed by atoms with Crippen LogP contribution in [0.5, 0.6) is 0 Å². The summed E-state index contributed by atoms with van der Waals surface area (Å²) in [5.74, 6) is -0.361. The third-order valence-electron chi connectivity index (χ3n) is 5.05. The van der Waals surface area contributed by atoms with Crippen molar-refractivity contribution in [1.82, 2.24) is 5.32 Å². The Hall–Kier alpha value is -1.58. The number of benzene rings is 1. The normalized spacial score (nSPS) is 20.1. The number of hydrogen-bond donors (Lipinski definition) is 2. The van der Waals surface area contributed by atoms with Gasteiger partial charge in [-0.25, -0.2) is 4.39 Å². The lowest BCUT2D eigenvalue weighted by atomic mass is 10.0. The van der Waals surface area contributed by atoms with E-state index in [1.165, 1.54) is 18.2 Å². The van der Waals surface area contributed by atoms with Gasteiger partial charge in [0.15, 0.2) is 0 Å². The molecular weight excluding hydrogens is 243 g/mol. The van der Waals surface area contributed by atoms with Crippen LogP contribution in [-0.4, -0.2) is 12.5 Å². The molecule has 1 aliphatic rings. The molecule has 0 radical (unpaired) electrons. The van der Waals surface area contributed by atoms with Crippen LogP contribution in [0.15, 0.2) is 18.2 Å². The zero-order valence-corrected chi connectivity index (χ0v) is 11.9. The Morgan fingerprint density at radius 2 is 1.89 bits per heavy atom. The van der Waals surface area contributed by atoms with E-state index in [-0.39, 0.29) is 22.4 Å². The molecule has 19 heavy (non-hydrogen) atoms. The summed E-state index contributed by atoms with van der Waals surface area (Å²) in [5, 5.41) is 2.87. The Morgan fingerprint density at radius 3 is 2.37 bits per heavy atom. The summed E-state index contributed by atoms with van der Waals surface area (Å²) in [4.78, 5) is 11.9. The first-order valence-electron chi connectivity index (χ1n) is 6.51. The molecule has 0 bridgehead atoms. The summed E-state index contributed by atoms with van der Waals surface area (Å²) < 4.78 is 13.3. The highest BCUT2D eigenvalue weighted by Crippen LogP contribution is 2.67. The third kappa shape index (κ3) is 2.20. The quantitative estimate of drug-likeness (QED) is 0.825. The Labute approximate surface area is 113 Å². The molecule has 1 saturated carbocycles. The number of hydrogen-bond acceptors (Lipinski definition) is 2. The molecular formula is C15H21FN2O. The number of anilines is 1. The third-order valence-corrected chi connectivity index (χ3v) is 5.05. The minimum absolute atomic E-state index is 0.0565. The number of nitrogens with one attached hydrogen (secondary N) is 1. The van der Waals surface area contributed by atoms with Gasteiger partial charge in [-0.3, -0.25) is 4.79 Å². The highest BCUT2D eigenvalue weighted by molar-refractivity contribution is 5.94. The molecule has 2 rings (SSSR count). The number of nitrogen functional groups attached to an aromatic ring is 1. The van der Waals surface area contributed by atoms with E-state index in [2.05, 4.69) is 33.0 Å². The van der Waals surface area contributed by atoms with Gasteiger partial charge in [-0.15, -0.1) is 0 Å². The monoisotopic (exact) mass is 264 g/mol. The zero-order chi connectivity index (χ0) is 14.4. The van der Waals surface area contributed by atoms with Crippen LogP contribution >= 0.6 is 0 Å². The minimum Gasteiger partial charge on any atom is -0.396 e. The van der Waals surface area contributed by atoms with Crippen molar-refractivity contribution in [2.75, 3.05) is 12.3 Å². The maximum Gasteiger partial charge on any atom is 0.251 e. The molecule has 1 aromatic rings. The van der Waals surface area contributed by atoms with Gasteiger partial charge in [0.25, 0.3) is 5.91 Å². The Bertz CT molecular complexity index is 509. The maximum atomic E-state index is 13.3. The molecule has 0 aliphatic heterocycles. The molecule has 0 saturated heterocycles. The van der Waals surface area contributed by atoms with Gasteiger partial charge in [-0.05, 0) is 34.9 Å². The van der Waals surface area contributed by atoms with E-state index in [0.717, 1.165) is 0 Å².